The molecule has 0 aliphatic heterocycles. The fourth-order valence-corrected chi connectivity index (χ4v) is 4.37. The summed E-state index contributed by atoms with van der Waals surface area (Å²) in [6, 6.07) is 16.4. The first-order chi connectivity index (χ1) is 17.2. The second-order valence-corrected chi connectivity index (χ2v) is 9.00. The largest absolute Gasteiger partial charge is 0.346 e. The van der Waals surface area contributed by atoms with Crippen molar-refractivity contribution in [3.8, 4) is 22.5 Å². The van der Waals surface area contributed by atoms with Crippen molar-refractivity contribution in [1.82, 2.24) is 35.0 Å². The van der Waals surface area contributed by atoms with Crippen LogP contribution in [0.1, 0.15) is 70.2 Å². The number of rotatable bonds is 13. The minimum Gasteiger partial charge on any atom is -0.274 e. The van der Waals surface area contributed by atoms with Crippen molar-refractivity contribution in [3.05, 3.63) is 70.4 Å². The zero-order chi connectivity index (χ0) is 24.5. The lowest BCUT2D eigenvalue weighted by Crippen LogP contribution is -2.26. The fraction of sp³-hybridized carbons (Fsp3) is 0.444. The number of nitrogens with one attached hydrogen (secondary N) is 1. The van der Waals surface area contributed by atoms with Gasteiger partial charge in [-0.15, -0.1) is 10.2 Å². The van der Waals surface area contributed by atoms with E-state index in [1.54, 1.807) is 4.68 Å². The molecular formula is C27H35N7O. The summed E-state index contributed by atoms with van der Waals surface area (Å²) < 4.78 is 3.53. The summed E-state index contributed by atoms with van der Waals surface area (Å²) >= 11 is 0. The maximum atomic E-state index is 13.2. The van der Waals surface area contributed by atoms with Gasteiger partial charge in [-0.1, -0.05) is 94.5 Å². The van der Waals surface area contributed by atoms with Crippen LogP contribution in [0.3, 0.4) is 0 Å². The van der Waals surface area contributed by atoms with Crippen LogP contribution in [0.15, 0.2) is 53.3 Å². The zero-order valence-corrected chi connectivity index (χ0v) is 20.8. The van der Waals surface area contributed by atoms with Gasteiger partial charge in [0.2, 0.25) is 5.82 Å². The first kappa shape index (κ1) is 24.6. The number of aromatic amines is 1. The number of H-pyrrole nitrogens is 1. The Hall–Kier alpha value is -3.55. The third kappa shape index (κ3) is 6.12. The van der Waals surface area contributed by atoms with E-state index in [9.17, 15) is 4.79 Å². The van der Waals surface area contributed by atoms with Crippen molar-refractivity contribution in [2.45, 2.75) is 78.3 Å². The molecule has 2 heterocycles. The highest BCUT2D eigenvalue weighted by Crippen LogP contribution is 2.29. The van der Waals surface area contributed by atoms with Crippen molar-refractivity contribution >= 4 is 0 Å². The van der Waals surface area contributed by atoms with Gasteiger partial charge in [-0.2, -0.15) is 10.3 Å². The summed E-state index contributed by atoms with van der Waals surface area (Å²) in [6.45, 7) is 5.61. The Morgan fingerprint density at radius 2 is 1.60 bits per heavy atom. The Labute approximate surface area is 206 Å². The van der Waals surface area contributed by atoms with Gasteiger partial charge in [-0.25, -0.2) is 9.48 Å². The van der Waals surface area contributed by atoms with E-state index in [4.69, 9.17) is 5.10 Å². The molecule has 0 saturated heterocycles. The van der Waals surface area contributed by atoms with E-state index in [1.807, 2.05) is 22.8 Å². The molecular weight excluding hydrogens is 438 g/mol. The molecule has 2 aromatic carbocycles. The Kier molecular flexibility index (Phi) is 8.59. The molecule has 0 amide bonds. The molecule has 4 rings (SSSR count). The van der Waals surface area contributed by atoms with Crippen molar-refractivity contribution in [3.63, 3.8) is 0 Å². The maximum Gasteiger partial charge on any atom is 0.346 e. The van der Waals surface area contributed by atoms with Gasteiger partial charge in [0, 0.05) is 18.5 Å². The topological polar surface area (TPSA) is 94.3 Å². The molecule has 0 radical (unpaired) electrons. The van der Waals surface area contributed by atoms with Crippen LogP contribution in [0.5, 0.6) is 0 Å². The molecule has 0 aliphatic carbocycles. The Morgan fingerprint density at radius 3 is 2.31 bits per heavy atom. The molecule has 0 aliphatic rings. The molecule has 35 heavy (non-hydrogen) atoms. The zero-order valence-electron chi connectivity index (χ0n) is 20.8. The monoisotopic (exact) mass is 473 g/mol. The lowest BCUT2D eigenvalue weighted by atomic mass is 9.98. The second-order valence-electron chi connectivity index (χ2n) is 9.00. The molecule has 0 atom stereocenters. The molecule has 1 N–H and O–H groups in total. The normalized spacial score (nSPS) is 11.3. The van der Waals surface area contributed by atoms with Gasteiger partial charge in [0.15, 0.2) is 0 Å². The number of hydrogen-bond donors (Lipinski definition) is 1. The first-order valence-electron chi connectivity index (χ1n) is 12.8. The molecule has 0 bridgehead atoms. The van der Waals surface area contributed by atoms with Crippen LogP contribution in [0.2, 0.25) is 0 Å². The molecule has 0 fully saturated rings. The Balaban J connectivity index is 1.55. The standard InChI is InChI=1S/C27H35N7O/c1-3-5-7-11-19-34-27(35)33(25(30-34)14-8-6-4-2)20-21-15-17-22(18-16-21)23-12-9-10-13-24(23)26-28-31-32-29-26/h9-10,12-13,15-18H,3-8,11,14,19-20H2,1-2H3,(H,28,29,31,32). The van der Waals surface area contributed by atoms with E-state index in [0.717, 1.165) is 66.6 Å². The van der Waals surface area contributed by atoms with E-state index in [-0.39, 0.29) is 5.69 Å². The van der Waals surface area contributed by atoms with Crippen LogP contribution >= 0.6 is 0 Å². The van der Waals surface area contributed by atoms with Crippen LogP contribution in [-0.4, -0.2) is 35.0 Å². The summed E-state index contributed by atoms with van der Waals surface area (Å²) in [4.78, 5) is 13.2. The van der Waals surface area contributed by atoms with E-state index in [2.05, 4.69) is 64.8 Å². The van der Waals surface area contributed by atoms with Crippen LogP contribution in [0, 0.1) is 0 Å². The van der Waals surface area contributed by atoms with Crippen LogP contribution in [-0.2, 0) is 19.5 Å². The Morgan fingerprint density at radius 1 is 0.857 bits per heavy atom. The predicted molar refractivity (Wildman–Crippen MR) is 138 cm³/mol. The van der Waals surface area contributed by atoms with Crippen LogP contribution in [0.4, 0.5) is 0 Å². The average molecular weight is 474 g/mol. The molecule has 8 heteroatoms. The average Bonchev–Trinajstić information content (AvgIpc) is 3.52. The number of aryl methyl sites for hydroxylation is 2. The van der Waals surface area contributed by atoms with Gasteiger partial charge in [0.05, 0.1) is 6.54 Å². The van der Waals surface area contributed by atoms with E-state index < -0.39 is 0 Å². The summed E-state index contributed by atoms with van der Waals surface area (Å²) in [5.41, 5.74) is 4.11. The number of nitrogens with zero attached hydrogens (tertiary/aromatic N) is 6. The van der Waals surface area contributed by atoms with Gasteiger partial charge < -0.3 is 0 Å². The summed E-state index contributed by atoms with van der Waals surface area (Å²) in [5, 5.41) is 19.2. The third-order valence-electron chi connectivity index (χ3n) is 6.35. The molecule has 0 unspecified atom stereocenters. The van der Waals surface area contributed by atoms with Crippen molar-refractivity contribution in [1.29, 1.82) is 0 Å². The van der Waals surface area contributed by atoms with E-state index >= 15 is 0 Å². The van der Waals surface area contributed by atoms with E-state index in [0.29, 0.717) is 18.9 Å². The fourth-order valence-electron chi connectivity index (χ4n) is 4.37. The lowest BCUT2D eigenvalue weighted by Gasteiger charge is -2.09. The minimum absolute atomic E-state index is 0.000439. The molecule has 8 nitrogen and oxygen atoms in total. The predicted octanol–water partition coefficient (Wildman–Crippen LogP) is 5.25. The minimum atomic E-state index is -0.000439. The number of unbranched alkanes of at least 4 members (excludes halogenated alkanes) is 5. The quantitative estimate of drug-likeness (QED) is 0.268. The van der Waals surface area contributed by atoms with Crippen molar-refractivity contribution in [2.24, 2.45) is 0 Å². The molecule has 4 aromatic rings. The van der Waals surface area contributed by atoms with Crippen molar-refractivity contribution in [2.75, 3.05) is 0 Å². The van der Waals surface area contributed by atoms with Gasteiger partial charge in [-0.05, 0) is 34.7 Å². The van der Waals surface area contributed by atoms with Crippen LogP contribution in [0.25, 0.3) is 22.5 Å². The molecule has 184 valence electrons. The van der Waals surface area contributed by atoms with Gasteiger partial charge in [0.25, 0.3) is 0 Å². The van der Waals surface area contributed by atoms with Gasteiger partial charge >= 0.3 is 5.69 Å². The number of hydrogen-bond acceptors (Lipinski definition) is 5. The first-order valence-corrected chi connectivity index (χ1v) is 12.8. The highest BCUT2D eigenvalue weighted by atomic mass is 16.2. The second kappa shape index (κ2) is 12.2. The molecule has 2 aromatic heterocycles. The number of benzene rings is 2. The van der Waals surface area contributed by atoms with Crippen molar-refractivity contribution < 1.29 is 0 Å². The third-order valence-corrected chi connectivity index (χ3v) is 6.35. The highest BCUT2D eigenvalue weighted by Gasteiger charge is 2.14. The summed E-state index contributed by atoms with van der Waals surface area (Å²) in [7, 11) is 0. The lowest BCUT2D eigenvalue weighted by molar-refractivity contribution is 0.520. The SMILES string of the molecule is CCCCCCn1nc(CCCCC)n(Cc2ccc(-c3ccccc3-c3nn[nH]n3)cc2)c1=O. The van der Waals surface area contributed by atoms with Crippen LogP contribution < -0.4 is 5.69 Å². The van der Waals surface area contributed by atoms with Gasteiger partial charge in [-0.3, -0.25) is 4.57 Å². The molecule has 0 saturated carbocycles. The molecule has 0 spiro atoms. The maximum absolute atomic E-state index is 13.2. The smallest absolute Gasteiger partial charge is 0.274 e. The summed E-state index contributed by atoms with van der Waals surface area (Å²) in [6.07, 6.45) is 8.68. The van der Waals surface area contributed by atoms with E-state index in [1.165, 1.54) is 12.8 Å². The highest BCUT2D eigenvalue weighted by molar-refractivity contribution is 5.80. The number of aromatic nitrogens is 7. The Bertz CT molecular complexity index is 1240. The number of tetrazole rings is 1. The van der Waals surface area contributed by atoms with Gasteiger partial charge in [0.1, 0.15) is 5.82 Å². The summed E-state index contributed by atoms with van der Waals surface area (Å²) in [5.74, 6) is 1.46.